The highest BCUT2D eigenvalue weighted by molar-refractivity contribution is 7.14. The van der Waals surface area contributed by atoms with E-state index >= 15 is 0 Å². The third-order valence-corrected chi connectivity index (χ3v) is 4.77. The molecule has 8 heteroatoms. The first kappa shape index (κ1) is 15.1. The number of fused-ring (bicyclic) bond motifs is 1. The fourth-order valence-electron chi connectivity index (χ4n) is 2.50. The number of hydrogen-bond donors (Lipinski definition) is 1. The minimum atomic E-state index is -4.48. The number of rotatable bonds is 4. The van der Waals surface area contributed by atoms with Crippen molar-refractivity contribution in [3.8, 4) is 0 Å². The molecule has 118 valence electrons. The number of nitrogens with zero attached hydrogens (tertiary/aromatic N) is 1. The molecule has 0 saturated carbocycles. The summed E-state index contributed by atoms with van der Waals surface area (Å²) in [7, 11) is 0. The van der Waals surface area contributed by atoms with E-state index in [1.807, 2.05) is 11.2 Å². The van der Waals surface area contributed by atoms with Crippen LogP contribution in [-0.4, -0.2) is 22.8 Å². The molecule has 4 nitrogen and oxygen atoms in total. The Bertz CT molecular complexity index is 669. The summed E-state index contributed by atoms with van der Waals surface area (Å²) in [5.74, 6) is -0.476. The van der Waals surface area contributed by atoms with Crippen molar-refractivity contribution in [2.45, 2.75) is 31.9 Å². The zero-order chi connectivity index (χ0) is 15.7. The van der Waals surface area contributed by atoms with Crippen molar-refractivity contribution < 1.29 is 22.7 Å². The third-order valence-electron chi connectivity index (χ3n) is 3.55. The van der Waals surface area contributed by atoms with Gasteiger partial charge in [0.2, 0.25) is 0 Å². The number of aromatic amines is 1. The molecular weight excluding hydrogens is 317 g/mol. The second-order valence-corrected chi connectivity index (χ2v) is 6.20. The van der Waals surface area contributed by atoms with Crippen LogP contribution < -0.4 is 0 Å². The van der Waals surface area contributed by atoms with Crippen LogP contribution >= 0.6 is 11.3 Å². The number of aromatic nitrogens is 2. The Labute approximate surface area is 128 Å². The Kier molecular flexibility index (Phi) is 3.94. The molecule has 2 heterocycles. The summed E-state index contributed by atoms with van der Waals surface area (Å²) in [5, 5.41) is 5.32. The standard InChI is InChI=1S/C14H13F3N2O2S/c15-14(16,17)12-9(7-18-19-12)4-5-21-13(20)11-6-8-2-1-3-10(8)22-11/h6-7H,1-5H2,(H,18,19). The lowest BCUT2D eigenvalue weighted by atomic mass is 10.2. The number of thiophene rings is 1. The first-order valence-corrected chi connectivity index (χ1v) is 7.65. The number of carbonyl (C=O) groups excluding carboxylic acids is 1. The monoisotopic (exact) mass is 330 g/mol. The smallest absolute Gasteiger partial charge is 0.433 e. The molecule has 0 saturated heterocycles. The van der Waals surface area contributed by atoms with Crippen LogP contribution in [-0.2, 0) is 30.2 Å². The average Bonchev–Trinajstić information content (AvgIpc) is 3.12. The lowest BCUT2D eigenvalue weighted by molar-refractivity contribution is -0.141. The van der Waals surface area contributed by atoms with Crippen LogP contribution in [0.1, 0.15) is 37.8 Å². The number of alkyl halides is 3. The van der Waals surface area contributed by atoms with E-state index in [0.29, 0.717) is 4.88 Å². The van der Waals surface area contributed by atoms with E-state index in [4.69, 9.17) is 4.74 Å². The lowest BCUT2D eigenvalue weighted by Gasteiger charge is -2.07. The van der Waals surface area contributed by atoms with E-state index in [9.17, 15) is 18.0 Å². The van der Waals surface area contributed by atoms with Crippen molar-refractivity contribution >= 4 is 17.3 Å². The van der Waals surface area contributed by atoms with Crippen LogP contribution in [0.2, 0.25) is 0 Å². The fourth-order valence-corrected chi connectivity index (χ4v) is 3.65. The molecule has 2 aromatic rings. The van der Waals surface area contributed by atoms with Gasteiger partial charge in [0, 0.05) is 16.9 Å². The van der Waals surface area contributed by atoms with Crippen LogP contribution in [0.3, 0.4) is 0 Å². The highest BCUT2D eigenvalue weighted by atomic mass is 32.1. The van der Waals surface area contributed by atoms with E-state index in [2.05, 4.69) is 5.10 Å². The molecule has 1 aliphatic carbocycles. The van der Waals surface area contributed by atoms with E-state index < -0.39 is 17.8 Å². The third kappa shape index (κ3) is 3.01. The molecule has 0 aliphatic heterocycles. The molecule has 0 bridgehead atoms. The maximum absolute atomic E-state index is 12.6. The predicted octanol–water partition coefficient (Wildman–Crippen LogP) is 3.38. The van der Waals surface area contributed by atoms with Crippen molar-refractivity contribution in [1.29, 1.82) is 0 Å². The molecular formula is C14H13F3N2O2S. The minimum absolute atomic E-state index is 0.00558. The summed E-state index contributed by atoms with van der Waals surface area (Å²) in [4.78, 5) is 13.6. The first-order chi connectivity index (χ1) is 10.4. The van der Waals surface area contributed by atoms with Crippen molar-refractivity contribution in [1.82, 2.24) is 10.2 Å². The van der Waals surface area contributed by atoms with Gasteiger partial charge >= 0.3 is 12.1 Å². The Balaban J connectivity index is 1.57. The van der Waals surface area contributed by atoms with Gasteiger partial charge in [0.1, 0.15) is 10.6 Å². The Morgan fingerprint density at radius 1 is 1.41 bits per heavy atom. The maximum atomic E-state index is 12.6. The summed E-state index contributed by atoms with van der Waals surface area (Å²) in [6.07, 6.45) is -0.333. The second-order valence-electron chi connectivity index (χ2n) is 5.07. The fraction of sp³-hybridized carbons (Fsp3) is 0.429. The Morgan fingerprint density at radius 3 is 2.95 bits per heavy atom. The van der Waals surface area contributed by atoms with Crippen LogP contribution in [0.15, 0.2) is 12.3 Å². The quantitative estimate of drug-likeness (QED) is 0.875. The molecule has 0 aromatic carbocycles. The van der Waals surface area contributed by atoms with Crippen molar-refractivity contribution in [2.75, 3.05) is 6.61 Å². The number of aryl methyl sites for hydroxylation is 2. The minimum Gasteiger partial charge on any atom is -0.461 e. The second kappa shape index (κ2) is 5.75. The first-order valence-electron chi connectivity index (χ1n) is 6.83. The predicted molar refractivity (Wildman–Crippen MR) is 73.9 cm³/mol. The van der Waals surface area contributed by atoms with Gasteiger partial charge < -0.3 is 4.74 Å². The van der Waals surface area contributed by atoms with Gasteiger partial charge in [0.05, 0.1) is 12.8 Å². The van der Waals surface area contributed by atoms with Gasteiger partial charge in [-0.05, 0) is 30.9 Å². The molecule has 1 N–H and O–H groups in total. The molecule has 1 aliphatic rings. The molecule has 0 atom stereocenters. The van der Waals surface area contributed by atoms with Crippen molar-refractivity contribution in [2.24, 2.45) is 0 Å². The molecule has 3 rings (SSSR count). The summed E-state index contributed by atoms with van der Waals surface area (Å²) < 4.78 is 43.0. The molecule has 22 heavy (non-hydrogen) atoms. The lowest BCUT2D eigenvalue weighted by Crippen LogP contribution is -2.12. The van der Waals surface area contributed by atoms with Gasteiger partial charge in [0.25, 0.3) is 0 Å². The molecule has 0 fully saturated rings. The number of ether oxygens (including phenoxy) is 1. The topological polar surface area (TPSA) is 55.0 Å². The van der Waals surface area contributed by atoms with E-state index in [0.717, 1.165) is 25.5 Å². The van der Waals surface area contributed by atoms with Crippen molar-refractivity contribution in [3.63, 3.8) is 0 Å². The summed E-state index contributed by atoms with van der Waals surface area (Å²) in [6, 6.07) is 1.83. The zero-order valence-corrected chi connectivity index (χ0v) is 12.3. The molecule has 0 spiro atoms. The SMILES string of the molecule is O=C(OCCc1cn[nH]c1C(F)(F)F)c1cc2c(s1)CCC2. The normalized spacial score (nSPS) is 14.1. The molecule has 0 amide bonds. The molecule has 2 aromatic heterocycles. The van der Waals surface area contributed by atoms with E-state index in [1.165, 1.54) is 21.8 Å². The summed E-state index contributed by atoms with van der Waals surface area (Å²) >= 11 is 1.41. The molecule has 0 unspecified atom stereocenters. The number of halogens is 3. The largest absolute Gasteiger partial charge is 0.461 e. The van der Waals surface area contributed by atoms with Crippen LogP contribution in [0.4, 0.5) is 13.2 Å². The van der Waals surface area contributed by atoms with Gasteiger partial charge in [-0.15, -0.1) is 11.3 Å². The number of esters is 1. The molecule has 0 radical (unpaired) electrons. The average molecular weight is 330 g/mol. The highest BCUT2D eigenvalue weighted by Gasteiger charge is 2.35. The Hall–Kier alpha value is -1.83. The van der Waals surface area contributed by atoms with Crippen molar-refractivity contribution in [3.05, 3.63) is 38.8 Å². The van der Waals surface area contributed by atoms with Crippen LogP contribution in [0.5, 0.6) is 0 Å². The van der Waals surface area contributed by atoms with Gasteiger partial charge in [0.15, 0.2) is 0 Å². The highest BCUT2D eigenvalue weighted by Crippen LogP contribution is 2.31. The number of nitrogens with one attached hydrogen (secondary N) is 1. The van der Waals surface area contributed by atoms with E-state index in [-0.39, 0.29) is 18.6 Å². The number of H-pyrrole nitrogens is 1. The maximum Gasteiger partial charge on any atom is 0.433 e. The van der Waals surface area contributed by atoms with Crippen LogP contribution in [0, 0.1) is 0 Å². The number of hydrogen-bond acceptors (Lipinski definition) is 4. The summed E-state index contributed by atoms with van der Waals surface area (Å²) in [6.45, 7) is -0.107. The van der Waals surface area contributed by atoms with Gasteiger partial charge in [-0.2, -0.15) is 18.3 Å². The number of carbonyl (C=O) groups is 1. The van der Waals surface area contributed by atoms with Gasteiger partial charge in [-0.25, -0.2) is 4.79 Å². The van der Waals surface area contributed by atoms with Gasteiger partial charge in [-0.3, -0.25) is 5.10 Å². The zero-order valence-electron chi connectivity index (χ0n) is 11.5. The van der Waals surface area contributed by atoms with E-state index in [1.54, 1.807) is 0 Å². The van der Waals surface area contributed by atoms with Crippen LogP contribution in [0.25, 0.3) is 0 Å². The van der Waals surface area contributed by atoms with Gasteiger partial charge in [-0.1, -0.05) is 0 Å². The Morgan fingerprint density at radius 2 is 2.23 bits per heavy atom. The summed E-state index contributed by atoms with van der Waals surface area (Å²) in [5.41, 5.74) is 0.291.